The molecule has 4 nitrogen and oxygen atoms in total. The second-order valence-corrected chi connectivity index (χ2v) is 5.70. The maximum atomic E-state index is 12.1. The Morgan fingerprint density at radius 1 is 1.21 bits per heavy atom. The lowest BCUT2D eigenvalue weighted by Crippen LogP contribution is -2.55. The second kappa shape index (κ2) is 9.81. The molecule has 0 aromatic carbocycles. The SMILES string of the molecule is CC(C(=O)NC(C)(C)CN)N1CCCCCC1.Cl.Cl. The van der Waals surface area contributed by atoms with Crippen molar-refractivity contribution in [2.75, 3.05) is 19.6 Å². The van der Waals surface area contributed by atoms with E-state index in [9.17, 15) is 4.79 Å². The molecule has 1 aliphatic heterocycles. The minimum atomic E-state index is -0.308. The quantitative estimate of drug-likeness (QED) is 0.834. The van der Waals surface area contributed by atoms with Crippen molar-refractivity contribution in [2.24, 2.45) is 5.73 Å². The van der Waals surface area contributed by atoms with Gasteiger partial charge in [0.1, 0.15) is 0 Å². The number of carbonyl (C=O) groups is 1. The highest BCUT2D eigenvalue weighted by atomic mass is 35.5. The topological polar surface area (TPSA) is 58.4 Å². The van der Waals surface area contributed by atoms with E-state index in [-0.39, 0.29) is 42.3 Å². The zero-order valence-corrected chi connectivity index (χ0v) is 13.9. The van der Waals surface area contributed by atoms with Crippen LogP contribution in [0.2, 0.25) is 0 Å². The van der Waals surface area contributed by atoms with Gasteiger partial charge in [-0.2, -0.15) is 0 Å². The van der Waals surface area contributed by atoms with Crippen LogP contribution in [0.3, 0.4) is 0 Å². The van der Waals surface area contributed by atoms with Gasteiger partial charge in [-0.05, 0) is 46.7 Å². The van der Waals surface area contributed by atoms with Crippen LogP contribution in [0.4, 0.5) is 0 Å². The van der Waals surface area contributed by atoms with Gasteiger partial charge in [-0.3, -0.25) is 9.69 Å². The third-order valence-electron chi connectivity index (χ3n) is 3.54. The maximum Gasteiger partial charge on any atom is 0.237 e. The Labute approximate surface area is 129 Å². The number of nitrogens with zero attached hydrogens (tertiary/aromatic N) is 1. The summed E-state index contributed by atoms with van der Waals surface area (Å²) < 4.78 is 0. The fraction of sp³-hybridized carbons (Fsp3) is 0.923. The molecule has 6 heteroatoms. The molecule has 0 aromatic heterocycles. The fourth-order valence-corrected chi connectivity index (χ4v) is 2.14. The standard InChI is InChI=1S/C13H27N3O.2ClH/c1-11(12(17)15-13(2,3)10-14)16-8-6-4-5-7-9-16;;/h11H,4-10,14H2,1-3H3,(H,15,17);2*1H. The predicted octanol–water partition coefficient (Wildman–Crippen LogP) is 1.95. The van der Waals surface area contributed by atoms with E-state index < -0.39 is 0 Å². The summed E-state index contributed by atoms with van der Waals surface area (Å²) in [6, 6.07) is -0.0427. The van der Waals surface area contributed by atoms with Crippen LogP contribution >= 0.6 is 24.8 Å². The molecule has 1 atom stereocenters. The predicted molar refractivity (Wildman–Crippen MR) is 85.3 cm³/mol. The van der Waals surface area contributed by atoms with Gasteiger partial charge in [-0.15, -0.1) is 24.8 Å². The largest absolute Gasteiger partial charge is 0.349 e. The highest BCUT2D eigenvalue weighted by molar-refractivity contribution is 5.85. The lowest BCUT2D eigenvalue weighted by Gasteiger charge is -2.31. The number of halogens is 2. The molecular formula is C13H29Cl2N3O. The van der Waals surface area contributed by atoms with Crippen molar-refractivity contribution in [3.63, 3.8) is 0 Å². The van der Waals surface area contributed by atoms with Gasteiger partial charge in [0.2, 0.25) is 5.91 Å². The number of rotatable bonds is 4. The number of carbonyl (C=O) groups excluding carboxylic acids is 1. The van der Waals surface area contributed by atoms with Gasteiger partial charge in [0, 0.05) is 12.1 Å². The molecule has 1 aliphatic rings. The van der Waals surface area contributed by atoms with Crippen LogP contribution in [0.15, 0.2) is 0 Å². The van der Waals surface area contributed by atoms with E-state index in [0.29, 0.717) is 6.54 Å². The number of amides is 1. The molecule has 0 aliphatic carbocycles. The van der Waals surface area contributed by atoms with Crippen LogP contribution in [0.25, 0.3) is 0 Å². The summed E-state index contributed by atoms with van der Waals surface area (Å²) >= 11 is 0. The molecule has 1 amide bonds. The molecule has 0 saturated carbocycles. The number of likely N-dealkylation sites (tertiary alicyclic amines) is 1. The Kier molecular flexibility index (Phi) is 11.0. The summed E-state index contributed by atoms with van der Waals surface area (Å²) in [5.74, 6) is 0.0994. The molecule has 0 radical (unpaired) electrons. The molecule has 19 heavy (non-hydrogen) atoms. The normalized spacial score (nSPS) is 18.5. The summed E-state index contributed by atoms with van der Waals surface area (Å²) in [6.07, 6.45) is 4.99. The van der Waals surface area contributed by atoms with Gasteiger partial charge < -0.3 is 11.1 Å². The Morgan fingerprint density at radius 3 is 2.11 bits per heavy atom. The summed E-state index contributed by atoms with van der Waals surface area (Å²) in [6.45, 7) is 8.45. The van der Waals surface area contributed by atoms with E-state index in [1.165, 1.54) is 25.7 Å². The van der Waals surface area contributed by atoms with E-state index in [1.54, 1.807) is 0 Å². The van der Waals surface area contributed by atoms with Crippen LogP contribution in [0.1, 0.15) is 46.5 Å². The van der Waals surface area contributed by atoms with Crippen LogP contribution in [-0.2, 0) is 4.79 Å². The fourth-order valence-electron chi connectivity index (χ4n) is 2.14. The molecule has 1 rings (SSSR count). The van der Waals surface area contributed by atoms with Gasteiger partial charge >= 0.3 is 0 Å². The lowest BCUT2D eigenvalue weighted by atomic mass is 10.1. The number of nitrogens with two attached hydrogens (primary N) is 1. The Morgan fingerprint density at radius 2 is 1.68 bits per heavy atom. The van der Waals surface area contributed by atoms with Crippen molar-refractivity contribution in [1.82, 2.24) is 10.2 Å². The first-order valence-electron chi connectivity index (χ1n) is 6.72. The van der Waals surface area contributed by atoms with Crippen molar-refractivity contribution < 1.29 is 4.79 Å². The highest BCUT2D eigenvalue weighted by Gasteiger charge is 2.26. The minimum absolute atomic E-state index is 0. The van der Waals surface area contributed by atoms with E-state index in [2.05, 4.69) is 10.2 Å². The molecule has 0 spiro atoms. The molecule has 1 saturated heterocycles. The molecular weight excluding hydrogens is 285 g/mol. The van der Waals surface area contributed by atoms with Gasteiger partial charge in [0.15, 0.2) is 0 Å². The molecule has 3 N–H and O–H groups in total. The van der Waals surface area contributed by atoms with Gasteiger partial charge in [0.05, 0.1) is 6.04 Å². The van der Waals surface area contributed by atoms with E-state index in [0.717, 1.165) is 13.1 Å². The smallest absolute Gasteiger partial charge is 0.237 e. The summed E-state index contributed by atoms with van der Waals surface area (Å²) in [4.78, 5) is 14.4. The second-order valence-electron chi connectivity index (χ2n) is 5.70. The van der Waals surface area contributed by atoms with Crippen molar-refractivity contribution >= 4 is 30.7 Å². The number of hydrogen-bond acceptors (Lipinski definition) is 3. The number of hydrogen-bond donors (Lipinski definition) is 2. The average molecular weight is 314 g/mol. The van der Waals surface area contributed by atoms with Gasteiger partial charge in [-0.1, -0.05) is 12.8 Å². The molecule has 0 aromatic rings. The molecule has 1 fully saturated rings. The first-order chi connectivity index (χ1) is 7.96. The summed E-state index contributed by atoms with van der Waals surface area (Å²) in [7, 11) is 0. The van der Waals surface area contributed by atoms with Crippen LogP contribution in [0.5, 0.6) is 0 Å². The van der Waals surface area contributed by atoms with Crippen molar-refractivity contribution in [3.05, 3.63) is 0 Å². The number of nitrogens with one attached hydrogen (secondary N) is 1. The Hall–Kier alpha value is -0.0300. The van der Waals surface area contributed by atoms with Crippen molar-refractivity contribution in [1.29, 1.82) is 0 Å². The zero-order chi connectivity index (χ0) is 12.9. The van der Waals surface area contributed by atoms with E-state index in [1.807, 2.05) is 20.8 Å². The van der Waals surface area contributed by atoms with Gasteiger partial charge in [0.25, 0.3) is 0 Å². The lowest BCUT2D eigenvalue weighted by molar-refractivity contribution is -0.127. The monoisotopic (exact) mass is 313 g/mol. The minimum Gasteiger partial charge on any atom is -0.349 e. The van der Waals surface area contributed by atoms with E-state index in [4.69, 9.17) is 5.73 Å². The van der Waals surface area contributed by atoms with E-state index >= 15 is 0 Å². The molecule has 1 heterocycles. The van der Waals surface area contributed by atoms with Crippen LogP contribution < -0.4 is 11.1 Å². The summed E-state index contributed by atoms with van der Waals surface area (Å²) in [5, 5.41) is 3.02. The third kappa shape index (κ3) is 7.35. The molecule has 1 unspecified atom stereocenters. The van der Waals surface area contributed by atoms with Crippen LogP contribution in [0, 0.1) is 0 Å². The molecule has 116 valence electrons. The average Bonchev–Trinajstić information content (AvgIpc) is 2.56. The first kappa shape index (κ1) is 21.3. The zero-order valence-electron chi connectivity index (χ0n) is 12.3. The third-order valence-corrected chi connectivity index (χ3v) is 3.54. The van der Waals surface area contributed by atoms with Crippen molar-refractivity contribution in [3.8, 4) is 0 Å². The van der Waals surface area contributed by atoms with Crippen molar-refractivity contribution in [2.45, 2.75) is 58.0 Å². The summed E-state index contributed by atoms with van der Waals surface area (Å²) in [5.41, 5.74) is 5.32. The Bertz CT molecular complexity index is 254. The Balaban J connectivity index is 0. The van der Waals surface area contributed by atoms with Crippen LogP contribution in [-0.4, -0.2) is 42.0 Å². The highest BCUT2D eigenvalue weighted by Crippen LogP contribution is 2.13. The van der Waals surface area contributed by atoms with Gasteiger partial charge in [-0.25, -0.2) is 0 Å². The maximum absolute atomic E-state index is 12.1. The first-order valence-corrected chi connectivity index (χ1v) is 6.72. The molecule has 0 bridgehead atoms.